The van der Waals surface area contributed by atoms with Crippen molar-refractivity contribution in [1.82, 2.24) is 4.98 Å². The molecule has 1 aromatic carbocycles. The van der Waals surface area contributed by atoms with Crippen molar-refractivity contribution in [1.29, 1.82) is 0 Å². The molecular weight excluding hydrogens is 268 g/mol. The lowest BCUT2D eigenvalue weighted by Gasteiger charge is -2.08. The molecule has 1 heterocycles. The first-order valence-corrected chi connectivity index (χ1v) is 7.77. The van der Waals surface area contributed by atoms with Crippen molar-refractivity contribution >= 4 is 11.3 Å². The number of nitrogens with two attached hydrogens (primary N) is 1. The predicted octanol–water partition coefficient (Wildman–Crippen LogP) is 3.92. The van der Waals surface area contributed by atoms with E-state index in [0.29, 0.717) is 6.61 Å². The number of thiazole rings is 1. The minimum absolute atomic E-state index is 0.0392. The van der Waals surface area contributed by atoms with Gasteiger partial charge in [-0.05, 0) is 38.8 Å². The highest BCUT2D eigenvalue weighted by Crippen LogP contribution is 2.26. The van der Waals surface area contributed by atoms with E-state index in [-0.39, 0.29) is 6.04 Å². The van der Waals surface area contributed by atoms with Crippen LogP contribution in [0.1, 0.15) is 46.6 Å². The van der Waals surface area contributed by atoms with E-state index in [9.17, 15) is 0 Å². The van der Waals surface area contributed by atoms with Gasteiger partial charge in [-0.25, -0.2) is 4.98 Å². The van der Waals surface area contributed by atoms with Gasteiger partial charge in [-0.15, -0.1) is 11.3 Å². The molecule has 20 heavy (non-hydrogen) atoms. The third-order valence-electron chi connectivity index (χ3n) is 3.20. The molecule has 2 N–H and O–H groups in total. The van der Waals surface area contributed by atoms with E-state index in [2.05, 4.69) is 37.9 Å². The van der Waals surface area contributed by atoms with Crippen molar-refractivity contribution in [3.05, 3.63) is 44.9 Å². The Morgan fingerprint density at radius 1 is 1.35 bits per heavy atom. The summed E-state index contributed by atoms with van der Waals surface area (Å²) in [5, 5.41) is 0.995. The zero-order valence-electron chi connectivity index (χ0n) is 12.6. The number of aryl methyl sites for hydroxylation is 3. The molecule has 0 amide bonds. The minimum atomic E-state index is 0.0392. The van der Waals surface area contributed by atoms with E-state index in [1.165, 1.54) is 10.4 Å². The van der Waals surface area contributed by atoms with Gasteiger partial charge in [0, 0.05) is 10.9 Å². The fraction of sp³-hybridized carbons (Fsp3) is 0.438. The van der Waals surface area contributed by atoms with Gasteiger partial charge in [0.05, 0.1) is 5.69 Å². The van der Waals surface area contributed by atoms with Crippen LogP contribution in [0, 0.1) is 13.8 Å². The highest BCUT2D eigenvalue weighted by atomic mass is 32.1. The number of benzene rings is 1. The summed E-state index contributed by atoms with van der Waals surface area (Å²) in [6, 6.07) is 6.25. The second kappa shape index (κ2) is 6.37. The summed E-state index contributed by atoms with van der Waals surface area (Å²) in [6.07, 6.45) is 0.914. The number of hydrogen-bond acceptors (Lipinski definition) is 4. The Morgan fingerprint density at radius 3 is 2.65 bits per heavy atom. The zero-order valence-corrected chi connectivity index (χ0v) is 13.4. The van der Waals surface area contributed by atoms with Crippen molar-refractivity contribution < 1.29 is 4.74 Å². The maximum atomic E-state index is 5.98. The van der Waals surface area contributed by atoms with E-state index >= 15 is 0 Å². The Hall–Kier alpha value is -1.39. The van der Waals surface area contributed by atoms with Crippen LogP contribution in [0.4, 0.5) is 0 Å². The van der Waals surface area contributed by atoms with Gasteiger partial charge in [-0.1, -0.05) is 24.6 Å². The second-order valence-electron chi connectivity index (χ2n) is 5.12. The number of aromatic nitrogens is 1. The third-order valence-corrected chi connectivity index (χ3v) is 4.47. The fourth-order valence-corrected chi connectivity index (χ4v) is 3.21. The van der Waals surface area contributed by atoms with Crippen LogP contribution >= 0.6 is 11.3 Å². The Morgan fingerprint density at radius 2 is 2.10 bits per heavy atom. The number of hydrogen-bond donors (Lipinski definition) is 1. The Bertz CT molecular complexity index is 590. The molecular formula is C16H22N2OS. The molecule has 1 aromatic heterocycles. The molecule has 0 saturated carbocycles. The summed E-state index contributed by atoms with van der Waals surface area (Å²) in [5.41, 5.74) is 9.49. The molecule has 0 aliphatic carbocycles. The van der Waals surface area contributed by atoms with Crippen LogP contribution in [0.2, 0.25) is 0 Å². The largest absolute Gasteiger partial charge is 0.486 e. The molecule has 2 rings (SSSR count). The van der Waals surface area contributed by atoms with Crippen molar-refractivity contribution in [3.63, 3.8) is 0 Å². The number of rotatable bonds is 5. The van der Waals surface area contributed by atoms with Gasteiger partial charge in [0.2, 0.25) is 0 Å². The summed E-state index contributed by atoms with van der Waals surface area (Å²) in [7, 11) is 0. The fourth-order valence-electron chi connectivity index (χ4n) is 2.19. The van der Waals surface area contributed by atoms with Crippen molar-refractivity contribution in [2.24, 2.45) is 5.73 Å². The summed E-state index contributed by atoms with van der Waals surface area (Å²) < 4.78 is 5.88. The summed E-state index contributed by atoms with van der Waals surface area (Å²) >= 11 is 1.66. The van der Waals surface area contributed by atoms with Gasteiger partial charge in [-0.2, -0.15) is 0 Å². The molecule has 4 heteroatoms. The smallest absolute Gasteiger partial charge is 0.140 e. The van der Waals surface area contributed by atoms with Crippen LogP contribution < -0.4 is 10.5 Å². The van der Waals surface area contributed by atoms with Crippen molar-refractivity contribution in [2.75, 3.05) is 0 Å². The first-order valence-electron chi connectivity index (χ1n) is 6.95. The molecule has 3 nitrogen and oxygen atoms in total. The molecule has 1 unspecified atom stereocenters. The van der Waals surface area contributed by atoms with Crippen LogP contribution in [0.5, 0.6) is 5.75 Å². The minimum Gasteiger partial charge on any atom is -0.486 e. The average Bonchev–Trinajstić information content (AvgIpc) is 2.81. The van der Waals surface area contributed by atoms with Crippen LogP contribution in [0.3, 0.4) is 0 Å². The number of ether oxygens (including phenoxy) is 1. The topological polar surface area (TPSA) is 48.1 Å². The summed E-state index contributed by atoms with van der Waals surface area (Å²) in [5.74, 6) is 0.922. The van der Waals surface area contributed by atoms with Gasteiger partial charge in [-0.3, -0.25) is 0 Å². The summed E-state index contributed by atoms with van der Waals surface area (Å²) in [4.78, 5) is 5.80. The molecule has 0 aliphatic rings. The molecule has 0 saturated heterocycles. The third kappa shape index (κ3) is 3.38. The van der Waals surface area contributed by atoms with Gasteiger partial charge in [0.15, 0.2) is 0 Å². The van der Waals surface area contributed by atoms with Crippen LogP contribution in [-0.4, -0.2) is 4.98 Å². The highest BCUT2D eigenvalue weighted by Gasteiger charge is 2.13. The first kappa shape index (κ1) is 15.0. The number of nitrogens with zero attached hydrogens (tertiary/aromatic N) is 1. The normalized spacial score (nSPS) is 12.4. The lowest BCUT2D eigenvalue weighted by molar-refractivity contribution is 0.303. The molecule has 0 aliphatic heterocycles. The van der Waals surface area contributed by atoms with Crippen molar-refractivity contribution in [2.45, 2.75) is 46.8 Å². The molecule has 2 aromatic rings. The van der Waals surface area contributed by atoms with Gasteiger partial charge in [0.25, 0.3) is 0 Å². The van der Waals surface area contributed by atoms with Gasteiger partial charge < -0.3 is 10.5 Å². The van der Waals surface area contributed by atoms with Crippen molar-refractivity contribution in [3.8, 4) is 5.75 Å². The summed E-state index contributed by atoms with van der Waals surface area (Å²) in [6.45, 7) is 8.76. The van der Waals surface area contributed by atoms with Gasteiger partial charge >= 0.3 is 0 Å². The highest BCUT2D eigenvalue weighted by molar-refractivity contribution is 7.11. The van der Waals surface area contributed by atoms with Gasteiger partial charge in [0.1, 0.15) is 17.4 Å². The zero-order chi connectivity index (χ0) is 14.7. The van der Waals surface area contributed by atoms with E-state index < -0.39 is 0 Å². The second-order valence-corrected chi connectivity index (χ2v) is 6.23. The average molecular weight is 290 g/mol. The maximum Gasteiger partial charge on any atom is 0.140 e. The molecule has 0 spiro atoms. The standard InChI is InChI=1S/C16H22N2OS/c1-5-13-16(12(4)17)20-15(18-13)9-19-14-7-6-10(2)8-11(14)3/h6-8,12H,5,9,17H2,1-4H3. The predicted molar refractivity (Wildman–Crippen MR) is 84.3 cm³/mol. The molecule has 0 radical (unpaired) electrons. The molecule has 0 bridgehead atoms. The molecule has 1 atom stereocenters. The molecule has 108 valence electrons. The van der Waals surface area contributed by atoms with Crippen LogP contribution in [0.15, 0.2) is 18.2 Å². The quantitative estimate of drug-likeness (QED) is 0.908. The van der Waals surface area contributed by atoms with E-state index in [0.717, 1.165) is 28.4 Å². The Labute approximate surface area is 124 Å². The molecule has 0 fully saturated rings. The SMILES string of the molecule is CCc1nc(COc2ccc(C)cc2C)sc1C(C)N. The Kier molecular flexibility index (Phi) is 4.78. The lowest BCUT2D eigenvalue weighted by Crippen LogP contribution is -2.05. The first-order chi connectivity index (χ1) is 9.51. The van der Waals surface area contributed by atoms with Crippen LogP contribution in [-0.2, 0) is 13.0 Å². The maximum absolute atomic E-state index is 5.98. The van der Waals surface area contributed by atoms with E-state index in [1.807, 2.05) is 13.0 Å². The van der Waals surface area contributed by atoms with E-state index in [4.69, 9.17) is 10.5 Å². The Balaban J connectivity index is 2.11. The van der Waals surface area contributed by atoms with Crippen LogP contribution in [0.25, 0.3) is 0 Å². The van der Waals surface area contributed by atoms with E-state index in [1.54, 1.807) is 11.3 Å². The monoisotopic (exact) mass is 290 g/mol. The lowest BCUT2D eigenvalue weighted by atomic mass is 10.1.